The minimum atomic E-state index is 0. The topological polar surface area (TPSA) is 0 Å². The Bertz CT molecular complexity index is 1800. The summed E-state index contributed by atoms with van der Waals surface area (Å²) in [4.78, 5) is 0. The van der Waals surface area contributed by atoms with Gasteiger partial charge in [-0.05, 0) is 35.4 Å². The van der Waals surface area contributed by atoms with E-state index in [9.17, 15) is 0 Å². The second-order valence-electron chi connectivity index (χ2n) is 17.1. The van der Waals surface area contributed by atoms with E-state index in [1.807, 2.05) is 0 Å². The molecule has 0 saturated heterocycles. The summed E-state index contributed by atoms with van der Waals surface area (Å²) in [6, 6.07) is 39.0. The van der Waals surface area contributed by atoms with E-state index in [4.69, 9.17) is 0 Å². The van der Waals surface area contributed by atoms with Crippen molar-refractivity contribution in [1.82, 2.24) is 0 Å². The number of hydrogen-bond donors (Lipinski definition) is 0. The fraction of sp³-hybridized carbons (Fsp3) is 0.388. The molecular formula is C49H58Cl2Zr-2. The molecule has 1 fully saturated rings. The van der Waals surface area contributed by atoms with Crippen molar-refractivity contribution in [3.05, 3.63) is 159 Å². The number of benzene rings is 4. The van der Waals surface area contributed by atoms with Crippen molar-refractivity contribution in [3.8, 4) is 11.1 Å². The van der Waals surface area contributed by atoms with Gasteiger partial charge in [0.1, 0.15) is 0 Å². The molecule has 0 N–H and O–H groups in total. The van der Waals surface area contributed by atoms with Crippen LogP contribution in [0.1, 0.15) is 136 Å². The number of hydrogen-bond acceptors (Lipinski definition) is 0. The molecule has 2 aliphatic rings. The Hall–Kier alpha value is -2.44. The van der Waals surface area contributed by atoms with Crippen LogP contribution < -0.4 is 24.8 Å². The summed E-state index contributed by atoms with van der Waals surface area (Å²) in [6.07, 6.45) is 8.07. The molecule has 274 valence electrons. The van der Waals surface area contributed by atoms with Crippen LogP contribution in [0.25, 0.3) is 11.1 Å². The molecule has 52 heavy (non-hydrogen) atoms. The summed E-state index contributed by atoms with van der Waals surface area (Å²) in [7, 11) is 0. The molecule has 0 amide bonds. The molecule has 0 atom stereocenters. The van der Waals surface area contributed by atoms with Gasteiger partial charge in [0.15, 0.2) is 0 Å². The van der Waals surface area contributed by atoms with Crippen LogP contribution in [0, 0.1) is 26.8 Å². The molecule has 0 heterocycles. The van der Waals surface area contributed by atoms with Gasteiger partial charge in [0.05, 0.1) is 0 Å². The van der Waals surface area contributed by atoms with Crippen LogP contribution in [0.5, 0.6) is 0 Å². The van der Waals surface area contributed by atoms with Gasteiger partial charge < -0.3 is 24.8 Å². The standard InChI is InChI=1S/C23H29.C13H19.C13H10.2ClH.Zr/c1-14-9-16-11-17-10-15(2)21(23(6,7)8)13-19(17)18(16)12-20(14)22(3,4)5;1-11-6-7-12(10-11)13(2)8-4-3-5-9-13;1-3-7-12(8-4-1)11-13-9-5-2-6-10-13;;;/h9,12-13H,11H2,1-8H3;6-7,10H,3-5,8-9H2,1-2H3;1-10H;2*1H;/q2*-1;;;;+2/p-2. The van der Waals surface area contributed by atoms with Gasteiger partial charge in [0.25, 0.3) is 0 Å². The van der Waals surface area contributed by atoms with Gasteiger partial charge in [-0.1, -0.05) is 123 Å². The first-order chi connectivity index (χ1) is 23.6. The van der Waals surface area contributed by atoms with Gasteiger partial charge >= 0.3 is 99.2 Å². The van der Waals surface area contributed by atoms with Crippen molar-refractivity contribution in [2.75, 3.05) is 0 Å². The Balaban J connectivity index is 0.000000218. The molecular weight excluding hydrogens is 751 g/mol. The van der Waals surface area contributed by atoms with Crippen molar-refractivity contribution in [1.29, 1.82) is 0 Å². The third-order valence-corrected chi connectivity index (χ3v) is 12.2. The first-order valence-electron chi connectivity index (χ1n) is 18.7. The van der Waals surface area contributed by atoms with Crippen LogP contribution in [0.3, 0.4) is 0 Å². The first kappa shape index (κ1) is 44.0. The normalized spacial score (nSPS) is 14.2. The monoisotopic (exact) mass is 806 g/mol. The van der Waals surface area contributed by atoms with Crippen LogP contribution in [0.2, 0.25) is 0 Å². The van der Waals surface area contributed by atoms with Gasteiger partial charge in [0, 0.05) is 0 Å². The van der Waals surface area contributed by atoms with Crippen LogP contribution in [0.4, 0.5) is 0 Å². The number of fused-ring (bicyclic) bond motifs is 3. The zero-order chi connectivity index (χ0) is 36.3. The summed E-state index contributed by atoms with van der Waals surface area (Å²) in [6.45, 7) is 22.9. The quantitative estimate of drug-likeness (QED) is 0.169. The Morgan fingerprint density at radius 2 is 1.21 bits per heavy atom. The van der Waals surface area contributed by atoms with Gasteiger partial charge in [0.2, 0.25) is 0 Å². The van der Waals surface area contributed by atoms with Crippen LogP contribution in [0.15, 0.2) is 97.1 Å². The Morgan fingerprint density at radius 3 is 1.69 bits per heavy atom. The van der Waals surface area contributed by atoms with Crippen molar-refractivity contribution >= 4 is 3.21 Å². The third-order valence-electron chi connectivity index (χ3n) is 10.8. The van der Waals surface area contributed by atoms with Crippen molar-refractivity contribution < 1.29 is 49.0 Å². The van der Waals surface area contributed by atoms with Crippen LogP contribution in [-0.2, 0) is 46.9 Å². The third kappa shape index (κ3) is 10.6. The molecule has 3 heteroatoms. The van der Waals surface area contributed by atoms with E-state index in [-0.39, 0.29) is 35.6 Å². The molecule has 0 aliphatic heterocycles. The summed E-state index contributed by atoms with van der Waals surface area (Å²) in [5, 5.41) is 0. The van der Waals surface area contributed by atoms with Crippen LogP contribution >= 0.6 is 0 Å². The summed E-state index contributed by atoms with van der Waals surface area (Å²) < 4.78 is 1.42. The van der Waals surface area contributed by atoms with E-state index in [0.717, 1.165) is 6.42 Å². The summed E-state index contributed by atoms with van der Waals surface area (Å²) in [5.41, 5.74) is 17.8. The van der Waals surface area contributed by atoms with Crippen LogP contribution in [-0.4, -0.2) is 3.21 Å². The van der Waals surface area contributed by atoms with Gasteiger partial charge in [-0.25, -0.2) is 6.07 Å². The zero-order valence-corrected chi connectivity index (χ0v) is 37.2. The average molecular weight is 809 g/mol. The van der Waals surface area contributed by atoms with E-state index in [1.54, 1.807) is 5.56 Å². The predicted octanol–water partition coefficient (Wildman–Crippen LogP) is 7.02. The van der Waals surface area contributed by atoms with Crippen molar-refractivity contribution in [2.24, 2.45) is 0 Å². The molecule has 5 aromatic carbocycles. The van der Waals surface area contributed by atoms with E-state index in [1.165, 1.54) is 121 Å². The fourth-order valence-electron chi connectivity index (χ4n) is 7.96. The molecule has 0 radical (unpaired) electrons. The molecule has 0 aromatic heterocycles. The Kier molecular flexibility index (Phi) is 15.4. The maximum absolute atomic E-state index is 3.69. The number of rotatable bonds is 3. The maximum atomic E-state index is 3.69. The van der Waals surface area contributed by atoms with Crippen molar-refractivity contribution in [3.63, 3.8) is 0 Å². The molecule has 0 spiro atoms. The van der Waals surface area contributed by atoms with E-state index >= 15 is 0 Å². The molecule has 0 nitrogen and oxygen atoms in total. The Labute approximate surface area is 343 Å². The second-order valence-corrected chi connectivity index (χ2v) is 18.3. The SMILES string of the molecule is Cc1[c-]c2c(cc1C(C)(C)C)-c1cc(C(C)(C)C)c(C)cc1C2.Cc1cc(C2(C)CCCCC2)c[cH-]1.[Cl-].[Cl-].[Zr+2]=[C](c1ccccc1)c1ccccc1. The molecule has 0 unspecified atom stereocenters. The van der Waals surface area contributed by atoms with Crippen molar-refractivity contribution in [2.45, 2.75) is 124 Å². The van der Waals surface area contributed by atoms with E-state index < -0.39 is 0 Å². The Morgan fingerprint density at radius 1 is 0.692 bits per heavy atom. The van der Waals surface area contributed by atoms with Gasteiger partial charge in [-0.3, -0.25) is 0 Å². The van der Waals surface area contributed by atoms with E-state index in [2.05, 4.69) is 172 Å². The minimum absolute atomic E-state index is 0. The second kappa shape index (κ2) is 18.3. The molecule has 7 rings (SSSR count). The first-order valence-corrected chi connectivity index (χ1v) is 19.9. The van der Waals surface area contributed by atoms with E-state index in [0.29, 0.717) is 5.41 Å². The summed E-state index contributed by atoms with van der Waals surface area (Å²) in [5.74, 6) is 0. The summed E-state index contributed by atoms with van der Waals surface area (Å²) >= 11 is 1.46. The number of aryl methyl sites for hydroxylation is 3. The molecule has 2 aliphatic carbocycles. The molecule has 1 saturated carbocycles. The van der Waals surface area contributed by atoms with Gasteiger partial charge in [-0.15, -0.1) is 16.7 Å². The number of halogens is 2. The molecule has 5 aromatic rings. The average Bonchev–Trinajstić information content (AvgIpc) is 3.67. The fourth-order valence-corrected chi connectivity index (χ4v) is 8.78. The zero-order valence-electron chi connectivity index (χ0n) is 33.2. The molecule has 0 bridgehead atoms. The predicted molar refractivity (Wildman–Crippen MR) is 214 cm³/mol. The van der Waals surface area contributed by atoms with Gasteiger partial charge in [-0.2, -0.15) is 41.0 Å².